The monoisotopic (exact) mass is 283 g/mol. The average Bonchev–Trinajstić information content (AvgIpc) is 2.44. The summed E-state index contributed by atoms with van der Waals surface area (Å²) >= 11 is 0. The van der Waals surface area contributed by atoms with Crippen LogP contribution in [0, 0.1) is 20.8 Å². The molecule has 0 aliphatic rings. The summed E-state index contributed by atoms with van der Waals surface area (Å²) < 4.78 is 0. The molecule has 0 fully saturated rings. The number of aryl methyl sites for hydroxylation is 3. The van der Waals surface area contributed by atoms with Crippen LogP contribution in [0.1, 0.15) is 38.7 Å². The van der Waals surface area contributed by atoms with Gasteiger partial charge in [-0.25, -0.2) is 0 Å². The maximum absolute atomic E-state index is 12.3. The van der Waals surface area contributed by atoms with E-state index < -0.39 is 6.10 Å². The molecule has 0 aliphatic carbocycles. The molecule has 0 saturated carbocycles. The lowest BCUT2D eigenvalue weighted by Crippen LogP contribution is -2.29. The van der Waals surface area contributed by atoms with E-state index in [0.717, 1.165) is 22.3 Å². The van der Waals surface area contributed by atoms with Gasteiger partial charge in [-0.1, -0.05) is 48.0 Å². The van der Waals surface area contributed by atoms with E-state index >= 15 is 0 Å². The van der Waals surface area contributed by atoms with E-state index in [-0.39, 0.29) is 12.5 Å². The van der Waals surface area contributed by atoms with Gasteiger partial charge in [-0.15, -0.1) is 0 Å². The molecule has 0 bridgehead atoms. The van der Waals surface area contributed by atoms with Crippen molar-refractivity contribution < 1.29 is 9.90 Å². The maximum atomic E-state index is 12.3. The van der Waals surface area contributed by atoms with Gasteiger partial charge in [0.2, 0.25) is 0 Å². The summed E-state index contributed by atoms with van der Waals surface area (Å²) in [7, 11) is 0. The van der Waals surface area contributed by atoms with Crippen molar-refractivity contribution in [1.29, 1.82) is 0 Å². The second-order valence-electron chi connectivity index (χ2n) is 5.41. The molecule has 110 valence electrons. The van der Waals surface area contributed by atoms with Crippen LogP contribution in [-0.4, -0.2) is 17.6 Å². The number of nitrogens with one attached hydrogen (secondary N) is 1. The number of carbonyl (C=O) groups is 1. The highest BCUT2D eigenvalue weighted by molar-refractivity contribution is 5.97. The predicted octanol–water partition coefficient (Wildman–Crippen LogP) is 3.08. The fourth-order valence-corrected chi connectivity index (χ4v) is 2.61. The van der Waals surface area contributed by atoms with E-state index in [4.69, 9.17) is 0 Å². The van der Waals surface area contributed by atoms with Crippen LogP contribution in [0.25, 0.3) is 0 Å². The van der Waals surface area contributed by atoms with Crippen molar-refractivity contribution in [2.24, 2.45) is 0 Å². The Balaban J connectivity index is 2.06. The quantitative estimate of drug-likeness (QED) is 0.906. The minimum Gasteiger partial charge on any atom is -0.387 e. The number of rotatable bonds is 4. The van der Waals surface area contributed by atoms with Crippen LogP contribution >= 0.6 is 0 Å². The summed E-state index contributed by atoms with van der Waals surface area (Å²) in [5, 5.41) is 12.9. The lowest BCUT2D eigenvalue weighted by atomic mass is 9.99. The van der Waals surface area contributed by atoms with Gasteiger partial charge in [-0.05, 0) is 37.5 Å². The third-order valence-electron chi connectivity index (χ3n) is 3.54. The number of amides is 1. The van der Waals surface area contributed by atoms with E-state index in [1.54, 1.807) is 0 Å². The van der Waals surface area contributed by atoms with Crippen molar-refractivity contribution in [3.8, 4) is 0 Å². The summed E-state index contributed by atoms with van der Waals surface area (Å²) in [4.78, 5) is 12.3. The first-order valence-corrected chi connectivity index (χ1v) is 7.08. The Kier molecular flexibility index (Phi) is 4.76. The lowest BCUT2D eigenvalue weighted by molar-refractivity contribution is 0.0915. The minimum absolute atomic E-state index is 0.139. The van der Waals surface area contributed by atoms with Gasteiger partial charge in [0.15, 0.2) is 0 Å². The van der Waals surface area contributed by atoms with Crippen LogP contribution in [0.2, 0.25) is 0 Å². The second-order valence-corrected chi connectivity index (χ2v) is 5.41. The molecular formula is C18H21NO2. The molecule has 0 radical (unpaired) electrons. The number of hydrogen-bond acceptors (Lipinski definition) is 2. The molecule has 21 heavy (non-hydrogen) atoms. The van der Waals surface area contributed by atoms with E-state index in [2.05, 4.69) is 5.32 Å². The number of aliphatic hydroxyl groups excluding tert-OH is 1. The van der Waals surface area contributed by atoms with Gasteiger partial charge in [0, 0.05) is 12.1 Å². The van der Waals surface area contributed by atoms with Gasteiger partial charge in [-0.3, -0.25) is 4.79 Å². The molecule has 2 aromatic rings. The Bertz CT molecular complexity index is 612. The molecule has 0 saturated heterocycles. The zero-order valence-electron chi connectivity index (χ0n) is 12.7. The SMILES string of the molecule is Cc1cc(C)c(C(=O)NCC(O)c2ccccc2)c(C)c1. The van der Waals surface area contributed by atoms with Gasteiger partial charge < -0.3 is 10.4 Å². The van der Waals surface area contributed by atoms with Crippen LogP contribution in [-0.2, 0) is 0 Å². The minimum atomic E-state index is -0.693. The highest BCUT2D eigenvalue weighted by atomic mass is 16.3. The van der Waals surface area contributed by atoms with Crippen LogP contribution in [0.15, 0.2) is 42.5 Å². The Morgan fingerprint density at radius 1 is 1.10 bits per heavy atom. The number of carbonyl (C=O) groups excluding carboxylic acids is 1. The summed E-state index contributed by atoms with van der Waals surface area (Å²) in [5.74, 6) is -0.139. The smallest absolute Gasteiger partial charge is 0.251 e. The van der Waals surface area contributed by atoms with Crippen molar-refractivity contribution in [2.75, 3.05) is 6.54 Å². The number of aliphatic hydroxyl groups is 1. The van der Waals surface area contributed by atoms with E-state index in [9.17, 15) is 9.90 Å². The Labute approximate surface area is 125 Å². The molecule has 2 aromatic carbocycles. The van der Waals surface area contributed by atoms with Crippen molar-refractivity contribution in [3.63, 3.8) is 0 Å². The molecule has 0 spiro atoms. The van der Waals surface area contributed by atoms with Crippen LogP contribution in [0.4, 0.5) is 0 Å². The first kappa shape index (κ1) is 15.3. The van der Waals surface area contributed by atoms with Gasteiger partial charge in [0.05, 0.1) is 6.10 Å². The molecule has 2 rings (SSSR count). The topological polar surface area (TPSA) is 49.3 Å². The Morgan fingerprint density at radius 2 is 1.67 bits per heavy atom. The van der Waals surface area contributed by atoms with Crippen LogP contribution in [0.3, 0.4) is 0 Å². The summed E-state index contributed by atoms with van der Waals surface area (Å²) in [5.41, 5.74) is 4.56. The summed E-state index contributed by atoms with van der Waals surface area (Å²) in [6.07, 6.45) is -0.693. The summed E-state index contributed by atoms with van der Waals surface area (Å²) in [6.45, 7) is 6.08. The first-order chi connectivity index (χ1) is 9.99. The maximum Gasteiger partial charge on any atom is 0.251 e. The van der Waals surface area contributed by atoms with Crippen molar-refractivity contribution in [3.05, 3.63) is 70.3 Å². The molecule has 1 atom stereocenters. The summed E-state index contributed by atoms with van der Waals surface area (Å²) in [6, 6.07) is 13.3. The van der Waals surface area contributed by atoms with Gasteiger partial charge >= 0.3 is 0 Å². The Morgan fingerprint density at radius 3 is 2.24 bits per heavy atom. The fraction of sp³-hybridized carbons (Fsp3) is 0.278. The van der Waals surface area contributed by atoms with Crippen LogP contribution < -0.4 is 5.32 Å². The normalized spacial score (nSPS) is 12.0. The standard InChI is InChI=1S/C18H21NO2/c1-12-9-13(2)17(14(3)10-12)18(21)19-11-16(20)15-7-5-4-6-8-15/h4-10,16,20H,11H2,1-3H3,(H,19,21). The van der Waals surface area contributed by atoms with Gasteiger partial charge in [0.25, 0.3) is 5.91 Å². The van der Waals surface area contributed by atoms with E-state index in [0.29, 0.717) is 5.56 Å². The number of hydrogen-bond donors (Lipinski definition) is 2. The first-order valence-electron chi connectivity index (χ1n) is 7.08. The van der Waals surface area contributed by atoms with Crippen molar-refractivity contribution in [2.45, 2.75) is 26.9 Å². The second kappa shape index (κ2) is 6.55. The van der Waals surface area contributed by atoms with Crippen LogP contribution in [0.5, 0.6) is 0 Å². The van der Waals surface area contributed by atoms with E-state index in [1.807, 2.05) is 63.2 Å². The zero-order valence-corrected chi connectivity index (χ0v) is 12.7. The third kappa shape index (κ3) is 3.70. The molecule has 1 amide bonds. The molecule has 0 aliphatic heterocycles. The molecule has 0 heterocycles. The Hall–Kier alpha value is -2.13. The molecule has 3 nitrogen and oxygen atoms in total. The molecule has 2 N–H and O–H groups in total. The van der Waals surface area contributed by atoms with Crippen molar-refractivity contribution in [1.82, 2.24) is 5.32 Å². The molecule has 1 unspecified atom stereocenters. The molecule has 3 heteroatoms. The van der Waals surface area contributed by atoms with Crippen molar-refractivity contribution >= 4 is 5.91 Å². The van der Waals surface area contributed by atoms with Gasteiger partial charge in [0.1, 0.15) is 0 Å². The molecular weight excluding hydrogens is 262 g/mol. The highest BCUT2D eigenvalue weighted by Gasteiger charge is 2.14. The highest BCUT2D eigenvalue weighted by Crippen LogP contribution is 2.17. The van der Waals surface area contributed by atoms with Gasteiger partial charge in [-0.2, -0.15) is 0 Å². The largest absolute Gasteiger partial charge is 0.387 e. The fourth-order valence-electron chi connectivity index (χ4n) is 2.61. The predicted molar refractivity (Wildman–Crippen MR) is 84.4 cm³/mol. The lowest BCUT2D eigenvalue weighted by Gasteiger charge is -2.15. The third-order valence-corrected chi connectivity index (χ3v) is 3.54. The van der Waals surface area contributed by atoms with E-state index in [1.165, 1.54) is 0 Å². The average molecular weight is 283 g/mol. The number of benzene rings is 2. The zero-order chi connectivity index (χ0) is 15.4. The molecule has 0 aromatic heterocycles.